The van der Waals surface area contributed by atoms with Gasteiger partial charge in [0.1, 0.15) is 11.9 Å². The minimum atomic E-state index is -0.805. The van der Waals surface area contributed by atoms with Crippen LogP contribution in [0.2, 0.25) is 0 Å². The second-order valence-corrected chi connectivity index (χ2v) is 5.72. The molecular weight excluding hydrogens is 295 g/mol. The van der Waals surface area contributed by atoms with Crippen LogP contribution in [-0.2, 0) is 0 Å². The summed E-state index contributed by atoms with van der Waals surface area (Å²) in [5.74, 6) is -0.339. The van der Waals surface area contributed by atoms with Gasteiger partial charge in [-0.1, -0.05) is 34.8 Å². The zero-order valence-corrected chi connectivity index (χ0v) is 11.9. The fraction of sp³-hybridized carbons (Fsp3) is 0.467. The predicted octanol–water partition coefficient (Wildman–Crippen LogP) is 4.90. The molecule has 1 unspecified atom stereocenters. The molecule has 1 aromatic carbocycles. The summed E-state index contributed by atoms with van der Waals surface area (Å²) in [5.41, 5.74) is 1.34. The summed E-state index contributed by atoms with van der Waals surface area (Å²) < 4.78 is 14.5. The zero-order chi connectivity index (χ0) is 13.0. The Morgan fingerprint density at radius 3 is 2.78 bits per heavy atom. The highest BCUT2D eigenvalue weighted by Gasteiger charge is 2.18. The Morgan fingerprint density at radius 1 is 1.17 bits per heavy atom. The first kappa shape index (κ1) is 13.8. The largest absolute Gasteiger partial charge is 0.384 e. The lowest BCUT2D eigenvalue weighted by Gasteiger charge is -2.18. The third-order valence-electron chi connectivity index (χ3n) is 3.43. The van der Waals surface area contributed by atoms with Crippen molar-refractivity contribution in [3.63, 3.8) is 0 Å². The van der Waals surface area contributed by atoms with E-state index in [0.29, 0.717) is 5.56 Å². The highest BCUT2D eigenvalue weighted by atomic mass is 79.9. The molecule has 18 heavy (non-hydrogen) atoms. The number of halogens is 2. The molecule has 0 radical (unpaired) electrons. The van der Waals surface area contributed by atoms with Gasteiger partial charge in [0, 0.05) is 10.0 Å². The van der Waals surface area contributed by atoms with Crippen LogP contribution < -0.4 is 0 Å². The van der Waals surface area contributed by atoms with Gasteiger partial charge in [-0.25, -0.2) is 4.39 Å². The second kappa shape index (κ2) is 6.48. The summed E-state index contributed by atoms with van der Waals surface area (Å²) in [7, 11) is 0. The summed E-state index contributed by atoms with van der Waals surface area (Å²) in [4.78, 5) is 0. The van der Waals surface area contributed by atoms with Crippen molar-refractivity contribution in [1.82, 2.24) is 0 Å². The van der Waals surface area contributed by atoms with Gasteiger partial charge in [0.2, 0.25) is 0 Å². The van der Waals surface area contributed by atoms with Gasteiger partial charge in [-0.15, -0.1) is 0 Å². The standard InChI is InChI=1S/C15H18BrFO/c16-12-8-9-14(17)13(10-12)15(18)11-6-4-2-1-3-5-7-11/h6,8-10,15,18H,1-5,7H2/b11-6+. The fourth-order valence-corrected chi connectivity index (χ4v) is 2.77. The third-order valence-corrected chi connectivity index (χ3v) is 3.92. The molecule has 1 N–H and O–H groups in total. The third kappa shape index (κ3) is 3.42. The average Bonchev–Trinajstić information content (AvgIpc) is 2.31. The van der Waals surface area contributed by atoms with Crippen molar-refractivity contribution in [2.75, 3.05) is 0 Å². The maximum absolute atomic E-state index is 13.7. The minimum Gasteiger partial charge on any atom is -0.384 e. The normalized spacial score (nSPS) is 21.6. The van der Waals surface area contributed by atoms with Gasteiger partial charge in [0.15, 0.2) is 0 Å². The van der Waals surface area contributed by atoms with Gasteiger partial charge in [0.05, 0.1) is 0 Å². The molecule has 1 aliphatic carbocycles. The van der Waals surface area contributed by atoms with Crippen LogP contribution in [0.3, 0.4) is 0 Å². The highest BCUT2D eigenvalue weighted by molar-refractivity contribution is 9.10. The molecule has 1 atom stereocenters. The van der Waals surface area contributed by atoms with Crippen LogP contribution in [0.1, 0.15) is 50.2 Å². The topological polar surface area (TPSA) is 20.2 Å². The van der Waals surface area contributed by atoms with Crippen molar-refractivity contribution >= 4 is 15.9 Å². The molecule has 0 amide bonds. The first-order valence-corrected chi connectivity index (χ1v) is 7.30. The molecule has 0 spiro atoms. The van der Waals surface area contributed by atoms with E-state index in [4.69, 9.17) is 0 Å². The lowest BCUT2D eigenvalue weighted by molar-refractivity contribution is 0.204. The predicted molar refractivity (Wildman–Crippen MR) is 74.8 cm³/mol. The Morgan fingerprint density at radius 2 is 1.94 bits per heavy atom. The van der Waals surface area contributed by atoms with Gasteiger partial charge >= 0.3 is 0 Å². The fourth-order valence-electron chi connectivity index (χ4n) is 2.39. The molecule has 0 saturated carbocycles. The van der Waals surface area contributed by atoms with Crippen LogP contribution in [0.25, 0.3) is 0 Å². The Hall–Kier alpha value is -0.670. The molecule has 2 rings (SSSR count). The van der Waals surface area contributed by atoms with Crippen molar-refractivity contribution in [2.24, 2.45) is 0 Å². The molecule has 0 fully saturated rings. The Labute approximate surface area is 116 Å². The van der Waals surface area contributed by atoms with E-state index in [-0.39, 0.29) is 5.82 Å². The van der Waals surface area contributed by atoms with Crippen molar-refractivity contribution in [1.29, 1.82) is 0 Å². The van der Waals surface area contributed by atoms with Crippen molar-refractivity contribution < 1.29 is 9.50 Å². The van der Waals surface area contributed by atoms with E-state index >= 15 is 0 Å². The van der Waals surface area contributed by atoms with E-state index in [1.54, 1.807) is 12.1 Å². The van der Waals surface area contributed by atoms with Crippen molar-refractivity contribution in [3.8, 4) is 0 Å². The molecule has 0 aromatic heterocycles. The first-order valence-electron chi connectivity index (χ1n) is 6.50. The summed E-state index contributed by atoms with van der Waals surface area (Å²) in [6, 6.07) is 4.71. The number of benzene rings is 1. The number of allylic oxidation sites excluding steroid dienone is 1. The van der Waals surface area contributed by atoms with Crippen molar-refractivity contribution in [3.05, 3.63) is 45.7 Å². The zero-order valence-electron chi connectivity index (χ0n) is 10.3. The van der Waals surface area contributed by atoms with Crippen LogP contribution in [-0.4, -0.2) is 5.11 Å². The number of rotatable bonds is 2. The van der Waals surface area contributed by atoms with Gasteiger partial charge in [-0.05, 0) is 49.5 Å². The quantitative estimate of drug-likeness (QED) is 0.770. The average molecular weight is 313 g/mol. The number of aliphatic hydroxyl groups excluding tert-OH is 1. The lowest BCUT2D eigenvalue weighted by atomic mass is 9.92. The maximum Gasteiger partial charge on any atom is 0.129 e. The molecule has 0 saturated heterocycles. The summed E-state index contributed by atoms with van der Waals surface area (Å²) in [5, 5.41) is 10.3. The maximum atomic E-state index is 13.7. The van der Waals surface area contributed by atoms with E-state index in [9.17, 15) is 9.50 Å². The summed E-state index contributed by atoms with van der Waals surface area (Å²) in [6.07, 6.45) is 7.84. The highest BCUT2D eigenvalue weighted by Crippen LogP contribution is 2.31. The molecule has 1 aromatic rings. The summed E-state index contributed by atoms with van der Waals surface area (Å²) in [6.45, 7) is 0. The number of hydrogen-bond donors (Lipinski definition) is 1. The molecule has 98 valence electrons. The van der Waals surface area contributed by atoms with Gasteiger partial charge in [-0.3, -0.25) is 0 Å². The molecule has 1 aliphatic rings. The van der Waals surface area contributed by atoms with E-state index in [1.807, 2.05) is 0 Å². The lowest BCUT2D eigenvalue weighted by Crippen LogP contribution is -2.06. The minimum absolute atomic E-state index is 0.339. The Bertz CT molecular complexity index is 442. The summed E-state index contributed by atoms with van der Waals surface area (Å²) >= 11 is 3.32. The molecule has 0 aliphatic heterocycles. The van der Waals surface area contributed by atoms with Crippen LogP contribution in [0, 0.1) is 5.82 Å². The van der Waals surface area contributed by atoms with Crippen LogP contribution in [0.4, 0.5) is 4.39 Å². The van der Waals surface area contributed by atoms with Crippen LogP contribution in [0.5, 0.6) is 0 Å². The van der Waals surface area contributed by atoms with Crippen LogP contribution >= 0.6 is 15.9 Å². The van der Waals surface area contributed by atoms with Gasteiger partial charge in [0.25, 0.3) is 0 Å². The molecule has 3 heteroatoms. The molecular formula is C15H18BrFO. The number of aliphatic hydroxyl groups is 1. The van der Waals surface area contributed by atoms with E-state index in [2.05, 4.69) is 22.0 Å². The first-order chi connectivity index (χ1) is 8.68. The molecule has 0 heterocycles. The SMILES string of the molecule is OC(/C1=C/CCCCCC1)c1cc(Br)ccc1F. The van der Waals surface area contributed by atoms with E-state index < -0.39 is 6.10 Å². The van der Waals surface area contributed by atoms with E-state index in [1.165, 1.54) is 18.9 Å². The molecule has 0 bridgehead atoms. The Balaban J connectivity index is 2.23. The number of hydrogen-bond acceptors (Lipinski definition) is 1. The van der Waals surface area contributed by atoms with Gasteiger partial charge in [-0.2, -0.15) is 0 Å². The van der Waals surface area contributed by atoms with E-state index in [0.717, 1.165) is 35.7 Å². The van der Waals surface area contributed by atoms with Crippen molar-refractivity contribution in [2.45, 2.75) is 44.6 Å². The smallest absolute Gasteiger partial charge is 0.129 e. The second-order valence-electron chi connectivity index (χ2n) is 4.80. The van der Waals surface area contributed by atoms with Gasteiger partial charge < -0.3 is 5.11 Å². The molecule has 1 nitrogen and oxygen atoms in total. The monoisotopic (exact) mass is 312 g/mol. The Kier molecular flexibility index (Phi) is 4.95. The van der Waals surface area contributed by atoms with Crippen LogP contribution in [0.15, 0.2) is 34.3 Å².